The van der Waals surface area contributed by atoms with Crippen molar-refractivity contribution in [2.24, 2.45) is 10.7 Å². The van der Waals surface area contributed by atoms with Crippen molar-refractivity contribution in [3.05, 3.63) is 30.3 Å². The van der Waals surface area contributed by atoms with E-state index in [0.29, 0.717) is 12.0 Å². The topological polar surface area (TPSA) is 56.9 Å². The first-order valence-corrected chi connectivity index (χ1v) is 8.74. The van der Waals surface area contributed by atoms with E-state index < -0.39 is 0 Å². The van der Waals surface area contributed by atoms with E-state index in [1.54, 1.807) is 0 Å². The van der Waals surface area contributed by atoms with Crippen molar-refractivity contribution in [1.29, 1.82) is 0 Å². The predicted octanol–water partition coefficient (Wildman–Crippen LogP) is 2.52. The van der Waals surface area contributed by atoms with Gasteiger partial charge in [0.1, 0.15) is 0 Å². The van der Waals surface area contributed by atoms with Crippen molar-refractivity contribution >= 4 is 35.6 Å². The standard InChI is InChI=1S/C18H31N5.HI/c1-3-23-14-7-11-17(23)15-21-18(19)20-12-8-13-22(2)16-9-5-4-6-10-16;/h4-6,9-10,17H,3,7-8,11-15H2,1-2H3,(H3,19,20,21);1H. The molecule has 0 saturated carbocycles. The minimum absolute atomic E-state index is 0. The highest BCUT2D eigenvalue weighted by molar-refractivity contribution is 14.0. The third kappa shape index (κ3) is 6.84. The summed E-state index contributed by atoms with van der Waals surface area (Å²) in [6.07, 6.45) is 3.56. The maximum absolute atomic E-state index is 5.97. The summed E-state index contributed by atoms with van der Waals surface area (Å²) < 4.78 is 0. The fourth-order valence-corrected chi connectivity index (χ4v) is 3.12. The minimum Gasteiger partial charge on any atom is -0.375 e. The Morgan fingerprint density at radius 3 is 2.83 bits per heavy atom. The lowest BCUT2D eigenvalue weighted by molar-refractivity contribution is 0.273. The van der Waals surface area contributed by atoms with E-state index in [4.69, 9.17) is 5.73 Å². The number of nitrogens with one attached hydrogen (secondary N) is 1. The highest BCUT2D eigenvalue weighted by Crippen LogP contribution is 2.16. The van der Waals surface area contributed by atoms with Crippen molar-refractivity contribution in [3.8, 4) is 0 Å². The van der Waals surface area contributed by atoms with Crippen molar-refractivity contribution in [1.82, 2.24) is 10.2 Å². The van der Waals surface area contributed by atoms with Crippen molar-refractivity contribution < 1.29 is 0 Å². The van der Waals surface area contributed by atoms with Crippen LogP contribution in [0.5, 0.6) is 0 Å². The molecule has 0 aliphatic carbocycles. The molecule has 0 aromatic heterocycles. The van der Waals surface area contributed by atoms with Crippen LogP contribution in [0.25, 0.3) is 0 Å². The lowest BCUT2D eigenvalue weighted by Gasteiger charge is -2.21. The van der Waals surface area contributed by atoms with Crippen LogP contribution in [0.15, 0.2) is 35.3 Å². The summed E-state index contributed by atoms with van der Waals surface area (Å²) in [6.45, 7) is 7.20. The first kappa shape index (κ1) is 21.0. The van der Waals surface area contributed by atoms with Gasteiger partial charge in [-0.15, -0.1) is 24.0 Å². The molecular formula is C18H32IN5. The normalized spacial score (nSPS) is 18.2. The fourth-order valence-electron chi connectivity index (χ4n) is 3.12. The molecule has 1 aliphatic heterocycles. The van der Waals surface area contributed by atoms with Gasteiger partial charge in [-0.3, -0.25) is 9.89 Å². The number of nitrogens with two attached hydrogens (primary N) is 1. The van der Waals surface area contributed by atoms with Gasteiger partial charge in [0.15, 0.2) is 5.96 Å². The molecule has 2 rings (SSSR count). The number of benzene rings is 1. The van der Waals surface area contributed by atoms with Gasteiger partial charge >= 0.3 is 0 Å². The second-order valence-electron chi connectivity index (χ2n) is 6.19. The van der Waals surface area contributed by atoms with Crippen LogP contribution in [-0.4, -0.2) is 56.7 Å². The molecule has 0 spiro atoms. The van der Waals surface area contributed by atoms with Gasteiger partial charge in [0.2, 0.25) is 0 Å². The number of aliphatic imine (C=N–C) groups is 1. The molecule has 3 N–H and O–H groups in total. The number of anilines is 1. The van der Waals surface area contributed by atoms with Gasteiger partial charge in [-0.25, -0.2) is 0 Å². The number of halogens is 1. The molecule has 1 fully saturated rings. The summed E-state index contributed by atoms with van der Waals surface area (Å²) in [5, 5.41) is 3.23. The molecular weight excluding hydrogens is 413 g/mol. The molecule has 1 aromatic rings. The molecule has 0 radical (unpaired) electrons. The first-order valence-electron chi connectivity index (χ1n) is 8.74. The van der Waals surface area contributed by atoms with E-state index in [1.165, 1.54) is 25.1 Å². The smallest absolute Gasteiger partial charge is 0.188 e. The summed E-state index contributed by atoms with van der Waals surface area (Å²) in [4.78, 5) is 9.26. The van der Waals surface area contributed by atoms with E-state index in [9.17, 15) is 0 Å². The van der Waals surface area contributed by atoms with Gasteiger partial charge in [0.25, 0.3) is 0 Å². The van der Waals surface area contributed by atoms with E-state index in [1.807, 2.05) is 6.07 Å². The Kier molecular flexibility index (Phi) is 10.1. The van der Waals surface area contributed by atoms with Crippen LogP contribution in [0.3, 0.4) is 0 Å². The maximum atomic E-state index is 5.97. The zero-order valence-corrected chi connectivity index (χ0v) is 17.3. The van der Waals surface area contributed by atoms with Gasteiger partial charge < -0.3 is 16.0 Å². The maximum Gasteiger partial charge on any atom is 0.188 e. The molecule has 1 aliphatic rings. The van der Waals surface area contributed by atoms with Crippen LogP contribution in [0, 0.1) is 0 Å². The van der Waals surface area contributed by atoms with Crippen molar-refractivity contribution in [3.63, 3.8) is 0 Å². The molecule has 1 saturated heterocycles. The number of likely N-dealkylation sites (N-methyl/N-ethyl adjacent to an activating group) is 1. The molecule has 5 nitrogen and oxygen atoms in total. The Morgan fingerprint density at radius 2 is 2.12 bits per heavy atom. The van der Waals surface area contributed by atoms with E-state index in [0.717, 1.165) is 32.6 Å². The van der Waals surface area contributed by atoms with Crippen LogP contribution < -0.4 is 16.0 Å². The van der Waals surface area contributed by atoms with Gasteiger partial charge in [0, 0.05) is 31.9 Å². The number of hydrogen-bond donors (Lipinski definition) is 2. The lowest BCUT2D eigenvalue weighted by Crippen LogP contribution is -2.36. The summed E-state index contributed by atoms with van der Waals surface area (Å²) in [6, 6.07) is 11.0. The Hall–Kier alpha value is -1.02. The third-order valence-electron chi connectivity index (χ3n) is 4.55. The molecule has 1 heterocycles. The lowest BCUT2D eigenvalue weighted by atomic mass is 10.2. The predicted molar refractivity (Wildman–Crippen MR) is 115 cm³/mol. The van der Waals surface area contributed by atoms with Crippen molar-refractivity contribution in [2.45, 2.75) is 32.2 Å². The number of rotatable bonds is 8. The largest absolute Gasteiger partial charge is 0.375 e. The molecule has 136 valence electrons. The zero-order valence-electron chi connectivity index (χ0n) is 14.9. The monoisotopic (exact) mass is 445 g/mol. The zero-order chi connectivity index (χ0) is 16.5. The van der Waals surface area contributed by atoms with Crippen LogP contribution in [0.1, 0.15) is 26.2 Å². The molecule has 0 bridgehead atoms. The fraction of sp³-hybridized carbons (Fsp3) is 0.611. The summed E-state index contributed by atoms with van der Waals surface area (Å²) in [5.41, 5.74) is 7.22. The minimum atomic E-state index is 0. The average molecular weight is 445 g/mol. The molecule has 6 heteroatoms. The number of likely N-dealkylation sites (tertiary alicyclic amines) is 1. The van der Waals surface area contributed by atoms with E-state index in [2.05, 4.69) is 58.3 Å². The number of nitrogens with zero attached hydrogens (tertiary/aromatic N) is 3. The average Bonchev–Trinajstić information content (AvgIpc) is 3.05. The van der Waals surface area contributed by atoms with Gasteiger partial charge in [-0.05, 0) is 44.5 Å². The molecule has 1 atom stereocenters. The van der Waals surface area contributed by atoms with Gasteiger partial charge in [-0.1, -0.05) is 25.1 Å². The van der Waals surface area contributed by atoms with E-state index in [-0.39, 0.29) is 24.0 Å². The Morgan fingerprint density at radius 1 is 1.38 bits per heavy atom. The number of hydrogen-bond acceptors (Lipinski definition) is 3. The SMILES string of the molecule is CCN1CCCC1CN=C(N)NCCCN(C)c1ccccc1.I. The summed E-state index contributed by atoms with van der Waals surface area (Å²) >= 11 is 0. The highest BCUT2D eigenvalue weighted by Gasteiger charge is 2.22. The van der Waals surface area contributed by atoms with Crippen LogP contribution >= 0.6 is 24.0 Å². The summed E-state index contributed by atoms with van der Waals surface area (Å²) in [7, 11) is 2.12. The second kappa shape index (κ2) is 11.5. The second-order valence-corrected chi connectivity index (χ2v) is 6.19. The van der Waals surface area contributed by atoms with Crippen LogP contribution in [-0.2, 0) is 0 Å². The third-order valence-corrected chi connectivity index (χ3v) is 4.55. The summed E-state index contributed by atoms with van der Waals surface area (Å²) in [5.74, 6) is 0.579. The Labute approximate surface area is 163 Å². The highest BCUT2D eigenvalue weighted by atomic mass is 127. The van der Waals surface area contributed by atoms with Crippen LogP contribution in [0.4, 0.5) is 5.69 Å². The molecule has 1 unspecified atom stereocenters. The first-order chi connectivity index (χ1) is 11.2. The molecule has 1 aromatic carbocycles. The van der Waals surface area contributed by atoms with Gasteiger partial charge in [0.05, 0.1) is 6.54 Å². The number of para-hydroxylation sites is 1. The Balaban J connectivity index is 0.00000288. The van der Waals surface area contributed by atoms with E-state index >= 15 is 0 Å². The quantitative estimate of drug-likeness (QED) is 0.280. The van der Waals surface area contributed by atoms with Gasteiger partial charge in [-0.2, -0.15) is 0 Å². The Bertz CT molecular complexity index is 480. The molecule has 0 amide bonds. The van der Waals surface area contributed by atoms with Crippen LogP contribution in [0.2, 0.25) is 0 Å². The number of guanidine groups is 1. The molecule has 24 heavy (non-hydrogen) atoms. The van der Waals surface area contributed by atoms with Crippen molar-refractivity contribution in [2.75, 3.05) is 44.7 Å².